The molecule has 1 amide bonds. The lowest BCUT2D eigenvalue weighted by Gasteiger charge is -2.36. The molecule has 1 fully saturated rings. The molecule has 0 saturated heterocycles. The summed E-state index contributed by atoms with van der Waals surface area (Å²) in [6, 6.07) is 7.15. The lowest BCUT2D eigenvalue weighted by atomic mass is 10.1. The quantitative estimate of drug-likeness (QED) is 0.840. The molecule has 1 aliphatic heterocycles. The Morgan fingerprint density at radius 2 is 1.91 bits per heavy atom. The van der Waals surface area contributed by atoms with E-state index in [1.54, 1.807) is 36.2 Å². The second kappa shape index (κ2) is 6.03. The van der Waals surface area contributed by atoms with Gasteiger partial charge in [0.15, 0.2) is 6.10 Å². The van der Waals surface area contributed by atoms with Crippen molar-refractivity contribution >= 4 is 21.6 Å². The molecule has 2 aliphatic rings. The maximum atomic E-state index is 12.7. The summed E-state index contributed by atoms with van der Waals surface area (Å²) in [6.07, 6.45) is 4.61. The number of ether oxygens (including phenoxy) is 1. The van der Waals surface area contributed by atoms with Crippen molar-refractivity contribution in [2.75, 3.05) is 24.2 Å². The van der Waals surface area contributed by atoms with Gasteiger partial charge in [-0.05, 0) is 25.0 Å². The summed E-state index contributed by atoms with van der Waals surface area (Å²) in [5.74, 6) is 0.280. The van der Waals surface area contributed by atoms with Crippen LogP contribution in [0.15, 0.2) is 24.3 Å². The van der Waals surface area contributed by atoms with Crippen LogP contribution in [0.1, 0.15) is 25.7 Å². The summed E-state index contributed by atoms with van der Waals surface area (Å²) in [5.41, 5.74) is 0.488. The second-order valence-corrected chi connectivity index (χ2v) is 8.16. The van der Waals surface area contributed by atoms with E-state index in [1.165, 1.54) is 4.31 Å². The smallest absolute Gasteiger partial charge is 0.265 e. The van der Waals surface area contributed by atoms with Crippen molar-refractivity contribution in [3.63, 3.8) is 0 Å². The number of hydrogen-bond acceptors (Lipinski definition) is 4. The predicted octanol–water partition coefficient (Wildman–Crippen LogP) is 1.61. The SMILES string of the molecule is CN(C(=O)[C@@H]1CN(S(C)(=O)=O)c2ccccc2O1)C1CCCC1. The molecule has 7 heteroatoms. The molecule has 1 heterocycles. The van der Waals surface area contributed by atoms with Gasteiger partial charge in [-0.3, -0.25) is 9.10 Å². The van der Waals surface area contributed by atoms with E-state index in [9.17, 15) is 13.2 Å². The van der Waals surface area contributed by atoms with Crippen LogP contribution in [0.2, 0.25) is 0 Å². The molecule has 1 aromatic rings. The number of rotatable bonds is 3. The molecule has 0 unspecified atom stereocenters. The largest absolute Gasteiger partial charge is 0.476 e. The summed E-state index contributed by atoms with van der Waals surface area (Å²) in [4.78, 5) is 14.5. The van der Waals surface area contributed by atoms with Gasteiger partial charge in [-0.25, -0.2) is 8.42 Å². The van der Waals surface area contributed by atoms with E-state index in [-0.39, 0.29) is 18.5 Å². The van der Waals surface area contributed by atoms with Crippen molar-refractivity contribution in [1.82, 2.24) is 4.90 Å². The molecule has 1 saturated carbocycles. The van der Waals surface area contributed by atoms with E-state index < -0.39 is 16.1 Å². The van der Waals surface area contributed by atoms with Gasteiger partial charge < -0.3 is 9.64 Å². The van der Waals surface area contributed by atoms with Crippen LogP contribution in [0.25, 0.3) is 0 Å². The van der Waals surface area contributed by atoms with Crippen LogP contribution >= 0.6 is 0 Å². The lowest BCUT2D eigenvalue weighted by Crippen LogP contribution is -2.52. The predicted molar refractivity (Wildman–Crippen MR) is 88.1 cm³/mol. The molecule has 1 aliphatic carbocycles. The van der Waals surface area contributed by atoms with Crippen LogP contribution < -0.4 is 9.04 Å². The van der Waals surface area contributed by atoms with Crippen LogP contribution in [0.5, 0.6) is 5.75 Å². The Hall–Kier alpha value is -1.76. The van der Waals surface area contributed by atoms with E-state index >= 15 is 0 Å². The maximum Gasteiger partial charge on any atom is 0.265 e. The van der Waals surface area contributed by atoms with Gasteiger partial charge in [0.1, 0.15) is 5.75 Å². The van der Waals surface area contributed by atoms with Crippen molar-refractivity contribution in [3.8, 4) is 5.75 Å². The standard InChI is InChI=1S/C16H22N2O4S/c1-17(12-7-3-4-8-12)16(19)15-11-18(23(2,20)21)13-9-5-6-10-14(13)22-15/h5-6,9-10,12,15H,3-4,7-8,11H2,1-2H3/t15-/m0/s1. The van der Waals surface area contributed by atoms with E-state index in [0.29, 0.717) is 11.4 Å². The minimum absolute atomic E-state index is 0.0196. The normalized spacial score (nSPS) is 21.7. The number of benzene rings is 1. The summed E-state index contributed by atoms with van der Waals surface area (Å²) in [5, 5.41) is 0. The molecule has 0 radical (unpaired) electrons. The number of nitrogens with zero attached hydrogens (tertiary/aromatic N) is 2. The summed E-state index contributed by atoms with van der Waals surface area (Å²) in [7, 11) is -1.68. The number of fused-ring (bicyclic) bond motifs is 1. The van der Waals surface area contributed by atoms with Crippen molar-refractivity contribution < 1.29 is 17.9 Å². The monoisotopic (exact) mass is 338 g/mol. The molecule has 0 aromatic heterocycles. The Bertz CT molecular complexity index is 698. The maximum absolute atomic E-state index is 12.7. The average Bonchev–Trinajstić information content (AvgIpc) is 3.05. The Labute approximate surface area is 137 Å². The molecular weight excluding hydrogens is 316 g/mol. The zero-order valence-electron chi connectivity index (χ0n) is 13.4. The number of carbonyl (C=O) groups is 1. The number of likely N-dealkylation sites (N-methyl/N-ethyl adjacent to an activating group) is 1. The first-order valence-corrected chi connectivity index (χ1v) is 9.73. The van der Waals surface area contributed by atoms with Gasteiger partial charge in [0, 0.05) is 13.1 Å². The molecular formula is C16H22N2O4S. The molecule has 1 atom stereocenters. The minimum atomic E-state index is -3.47. The van der Waals surface area contributed by atoms with Crippen LogP contribution in [0.3, 0.4) is 0 Å². The van der Waals surface area contributed by atoms with Gasteiger partial charge in [0.2, 0.25) is 10.0 Å². The highest BCUT2D eigenvalue weighted by Crippen LogP contribution is 2.35. The highest BCUT2D eigenvalue weighted by atomic mass is 32.2. The first kappa shape index (κ1) is 16.1. The Kier molecular flexibility index (Phi) is 4.23. The summed E-state index contributed by atoms with van der Waals surface area (Å²) in [6.45, 7) is 0.0196. The van der Waals surface area contributed by atoms with Gasteiger partial charge >= 0.3 is 0 Å². The van der Waals surface area contributed by atoms with Gasteiger partial charge in [-0.15, -0.1) is 0 Å². The molecule has 23 heavy (non-hydrogen) atoms. The molecule has 0 spiro atoms. The minimum Gasteiger partial charge on any atom is -0.476 e. The topological polar surface area (TPSA) is 66.9 Å². The molecule has 6 nitrogen and oxygen atoms in total. The lowest BCUT2D eigenvalue weighted by molar-refractivity contribution is -0.139. The van der Waals surface area contributed by atoms with Crippen molar-refractivity contribution in [2.45, 2.75) is 37.8 Å². The van der Waals surface area contributed by atoms with Gasteiger partial charge in [0.25, 0.3) is 5.91 Å². The zero-order valence-corrected chi connectivity index (χ0v) is 14.3. The van der Waals surface area contributed by atoms with Crippen LogP contribution in [0.4, 0.5) is 5.69 Å². The highest BCUT2D eigenvalue weighted by molar-refractivity contribution is 7.92. The van der Waals surface area contributed by atoms with E-state index in [2.05, 4.69) is 0 Å². The number of para-hydroxylation sites is 2. The fourth-order valence-electron chi connectivity index (χ4n) is 3.34. The molecule has 3 rings (SSSR count). The number of hydrogen-bond donors (Lipinski definition) is 0. The fourth-order valence-corrected chi connectivity index (χ4v) is 4.26. The first-order chi connectivity index (χ1) is 10.9. The Balaban J connectivity index is 1.86. The third-order valence-electron chi connectivity index (χ3n) is 4.63. The number of sulfonamides is 1. The molecule has 0 bridgehead atoms. The molecule has 1 aromatic carbocycles. The van der Waals surface area contributed by atoms with Crippen LogP contribution in [-0.4, -0.2) is 51.2 Å². The van der Waals surface area contributed by atoms with Crippen molar-refractivity contribution in [3.05, 3.63) is 24.3 Å². The van der Waals surface area contributed by atoms with E-state index in [4.69, 9.17) is 4.74 Å². The van der Waals surface area contributed by atoms with Crippen molar-refractivity contribution in [2.24, 2.45) is 0 Å². The first-order valence-electron chi connectivity index (χ1n) is 7.88. The van der Waals surface area contributed by atoms with Gasteiger partial charge in [0.05, 0.1) is 18.5 Å². The van der Waals surface area contributed by atoms with Crippen molar-refractivity contribution in [1.29, 1.82) is 0 Å². The summed E-state index contributed by atoms with van der Waals surface area (Å²) >= 11 is 0. The zero-order chi connectivity index (χ0) is 16.6. The fraction of sp³-hybridized carbons (Fsp3) is 0.562. The number of anilines is 1. The third-order valence-corrected chi connectivity index (χ3v) is 5.78. The average molecular weight is 338 g/mol. The Morgan fingerprint density at radius 1 is 1.26 bits per heavy atom. The van der Waals surface area contributed by atoms with Gasteiger partial charge in [-0.2, -0.15) is 0 Å². The highest BCUT2D eigenvalue weighted by Gasteiger charge is 2.37. The number of amides is 1. The number of carbonyl (C=O) groups excluding carboxylic acids is 1. The van der Waals surface area contributed by atoms with Gasteiger partial charge in [-0.1, -0.05) is 25.0 Å². The third kappa shape index (κ3) is 3.15. The summed E-state index contributed by atoms with van der Waals surface area (Å²) < 4.78 is 31.2. The van der Waals surface area contributed by atoms with Crippen LogP contribution in [-0.2, 0) is 14.8 Å². The second-order valence-electron chi connectivity index (χ2n) is 6.26. The van der Waals surface area contributed by atoms with E-state index in [0.717, 1.165) is 31.9 Å². The Morgan fingerprint density at radius 3 is 2.57 bits per heavy atom. The molecule has 126 valence electrons. The molecule has 0 N–H and O–H groups in total. The van der Waals surface area contributed by atoms with E-state index in [1.807, 2.05) is 0 Å². The van der Waals surface area contributed by atoms with Crippen LogP contribution in [0, 0.1) is 0 Å².